The summed E-state index contributed by atoms with van der Waals surface area (Å²) in [7, 11) is 0. The first-order valence-corrected chi connectivity index (χ1v) is 5.52. The van der Waals surface area contributed by atoms with Gasteiger partial charge in [0.05, 0.1) is 12.7 Å². The van der Waals surface area contributed by atoms with Crippen molar-refractivity contribution in [3.05, 3.63) is 60.8 Å². The lowest BCUT2D eigenvalue weighted by molar-refractivity contribution is 0.512. The number of aromatic nitrogens is 1. The highest BCUT2D eigenvalue weighted by atomic mass is 16.3. The van der Waals surface area contributed by atoms with Gasteiger partial charge in [0.2, 0.25) is 0 Å². The van der Waals surface area contributed by atoms with Gasteiger partial charge in [0, 0.05) is 11.1 Å². The van der Waals surface area contributed by atoms with Gasteiger partial charge < -0.3 is 9.73 Å². The molecule has 0 fully saturated rings. The first-order valence-electron chi connectivity index (χ1n) is 5.52. The molecule has 0 spiro atoms. The van der Waals surface area contributed by atoms with Gasteiger partial charge in [-0.2, -0.15) is 0 Å². The van der Waals surface area contributed by atoms with Gasteiger partial charge in [-0.15, -0.1) is 0 Å². The minimum Gasteiger partial charge on any atom is -0.447 e. The van der Waals surface area contributed by atoms with Gasteiger partial charge in [-0.1, -0.05) is 36.4 Å². The van der Waals surface area contributed by atoms with E-state index >= 15 is 0 Å². The van der Waals surface area contributed by atoms with E-state index in [4.69, 9.17) is 4.42 Å². The fraction of sp³-hybridized carbons (Fsp3) is 0.0714. The fourth-order valence-corrected chi connectivity index (χ4v) is 1.89. The molecule has 0 radical (unpaired) electrons. The van der Waals surface area contributed by atoms with Crippen molar-refractivity contribution in [2.24, 2.45) is 0 Å². The molecule has 0 aliphatic rings. The second kappa shape index (κ2) is 4.29. The lowest BCUT2D eigenvalue weighted by Crippen LogP contribution is -1.98. The van der Waals surface area contributed by atoms with Gasteiger partial charge in [-0.05, 0) is 11.5 Å². The summed E-state index contributed by atoms with van der Waals surface area (Å²) in [4.78, 5) is 3.89. The first-order chi connectivity index (χ1) is 8.43. The summed E-state index contributed by atoms with van der Waals surface area (Å²) in [5.41, 5.74) is 1.11. The number of nitrogens with zero attached hydrogens (tertiary/aromatic N) is 1. The van der Waals surface area contributed by atoms with Gasteiger partial charge in [0.25, 0.3) is 0 Å². The zero-order chi connectivity index (χ0) is 11.5. The van der Waals surface area contributed by atoms with Gasteiger partial charge in [0.15, 0.2) is 6.39 Å². The van der Waals surface area contributed by atoms with Crippen LogP contribution in [0, 0.1) is 0 Å². The highest BCUT2D eigenvalue weighted by Crippen LogP contribution is 2.23. The van der Waals surface area contributed by atoms with Gasteiger partial charge in [-0.25, -0.2) is 4.98 Å². The maximum Gasteiger partial charge on any atom is 0.180 e. The van der Waals surface area contributed by atoms with Crippen molar-refractivity contribution >= 4 is 16.5 Å². The van der Waals surface area contributed by atoms with Crippen molar-refractivity contribution in [1.29, 1.82) is 0 Å². The van der Waals surface area contributed by atoms with E-state index < -0.39 is 0 Å². The SMILES string of the molecule is c1ccc2c(NCc3cnco3)cccc2c1. The smallest absolute Gasteiger partial charge is 0.180 e. The normalized spacial score (nSPS) is 10.6. The molecule has 1 aromatic heterocycles. The van der Waals surface area contributed by atoms with E-state index in [2.05, 4.69) is 34.6 Å². The van der Waals surface area contributed by atoms with Gasteiger partial charge >= 0.3 is 0 Å². The van der Waals surface area contributed by atoms with Crippen molar-refractivity contribution in [3.8, 4) is 0 Å². The van der Waals surface area contributed by atoms with Crippen molar-refractivity contribution in [2.75, 3.05) is 5.32 Å². The van der Waals surface area contributed by atoms with E-state index in [-0.39, 0.29) is 0 Å². The van der Waals surface area contributed by atoms with E-state index in [0.29, 0.717) is 6.54 Å². The van der Waals surface area contributed by atoms with Crippen LogP contribution in [0.5, 0.6) is 0 Å². The quantitative estimate of drug-likeness (QED) is 0.740. The molecule has 0 unspecified atom stereocenters. The third kappa shape index (κ3) is 1.99. The molecule has 3 aromatic rings. The molecule has 0 amide bonds. The predicted octanol–water partition coefficient (Wildman–Crippen LogP) is 3.44. The van der Waals surface area contributed by atoms with Crippen LogP contribution in [0.3, 0.4) is 0 Å². The van der Waals surface area contributed by atoms with Gasteiger partial charge in [-0.3, -0.25) is 0 Å². The van der Waals surface area contributed by atoms with Crippen LogP contribution in [0.1, 0.15) is 5.76 Å². The summed E-state index contributed by atoms with van der Waals surface area (Å²) >= 11 is 0. The third-order valence-corrected chi connectivity index (χ3v) is 2.73. The van der Waals surface area contributed by atoms with Crippen LogP contribution >= 0.6 is 0 Å². The molecule has 0 atom stereocenters. The Bertz CT molecular complexity index is 612. The average Bonchev–Trinajstić information content (AvgIpc) is 2.89. The minimum atomic E-state index is 0.647. The summed E-state index contributed by atoms with van der Waals surface area (Å²) in [6.45, 7) is 0.647. The number of benzene rings is 2. The number of hydrogen-bond donors (Lipinski definition) is 1. The van der Waals surface area contributed by atoms with Crippen LogP contribution in [0.15, 0.2) is 59.5 Å². The fourth-order valence-electron chi connectivity index (χ4n) is 1.89. The Balaban J connectivity index is 1.90. The lowest BCUT2D eigenvalue weighted by Gasteiger charge is -2.07. The Morgan fingerprint density at radius 2 is 1.94 bits per heavy atom. The molecular formula is C14H12N2O. The zero-order valence-corrected chi connectivity index (χ0v) is 9.26. The highest BCUT2D eigenvalue weighted by Gasteiger charge is 2.01. The molecule has 3 heteroatoms. The molecule has 0 saturated carbocycles. The van der Waals surface area contributed by atoms with Crippen LogP contribution in [-0.2, 0) is 6.54 Å². The molecule has 0 saturated heterocycles. The van der Waals surface area contributed by atoms with Crippen LogP contribution < -0.4 is 5.32 Å². The van der Waals surface area contributed by atoms with E-state index in [1.807, 2.05) is 18.2 Å². The molecule has 1 N–H and O–H groups in total. The summed E-state index contributed by atoms with van der Waals surface area (Å²) in [6.07, 6.45) is 3.16. The molecule has 0 bridgehead atoms. The highest BCUT2D eigenvalue weighted by molar-refractivity contribution is 5.93. The third-order valence-electron chi connectivity index (χ3n) is 2.73. The number of rotatable bonds is 3. The van der Waals surface area contributed by atoms with Gasteiger partial charge in [0.1, 0.15) is 5.76 Å². The minimum absolute atomic E-state index is 0.647. The van der Waals surface area contributed by atoms with Crippen molar-refractivity contribution < 1.29 is 4.42 Å². The summed E-state index contributed by atoms with van der Waals surface area (Å²) in [5, 5.41) is 5.80. The van der Waals surface area contributed by atoms with E-state index in [1.54, 1.807) is 6.20 Å². The molecule has 3 rings (SSSR count). The topological polar surface area (TPSA) is 38.1 Å². The summed E-state index contributed by atoms with van der Waals surface area (Å²) < 4.78 is 5.19. The molecule has 2 aromatic carbocycles. The summed E-state index contributed by atoms with van der Waals surface area (Å²) in [6, 6.07) is 14.5. The van der Waals surface area contributed by atoms with E-state index in [9.17, 15) is 0 Å². The van der Waals surface area contributed by atoms with E-state index in [1.165, 1.54) is 17.2 Å². The summed E-state index contributed by atoms with van der Waals surface area (Å²) in [5.74, 6) is 0.831. The molecule has 84 valence electrons. The molecule has 0 aliphatic carbocycles. The maximum atomic E-state index is 5.19. The predicted molar refractivity (Wildman–Crippen MR) is 67.8 cm³/mol. The average molecular weight is 224 g/mol. The molecule has 3 nitrogen and oxygen atoms in total. The second-order valence-corrected chi connectivity index (χ2v) is 3.85. The molecule has 1 heterocycles. The van der Waals surface area contributed by atoms with E-state index in [0.717, 1.165) is 11.4 Å². The molecular weight excluding hydrogens is 212 g/mol. The molecule has 0 aliphatic heterocycles. The second-order valence-electron chi connectivity index (χ2n) is 3.85. The number of anilines is 1. The van der Waals surface area contributed by atoms with Crippen molar-refractivity contribution in [3.63, 3.8) is 0 Å². The zero-order valence-electron chi connectivity index (χ0n) is 9.26. The Labute approximate surface area is 99.1 Å². The largest absolute Gasteiger partial charge is 0.447 e. The van der Waals surface area contributed by atoms with Crippen LogP contribution in [0.25, 0.3) is 10.8 Å². The van der Waals surface area contributed by atoms with Crippen LogP contribution in [0.2, 0.25) is 0 Å². The number of fused-ring (bicyclic) bond motifs is 1. The first kappa shape index (κ1) is 9.90. The lowest BCUT2D eigenvalue weighted by atomic mass is 10.1. The Morgan fingerprint density at radius 3 is 2.82 bits per heavy atom. The number of oxazole rings is 1. The van der Waals surface area contributed by atoms with Crippen molar-refractivity contribution in [1.82, 2.24) is 4.98 Å². The maximum absolute atomic E-state index is 5.19. The monoisotopic (exact) mass is 224 g/mol. The Morgan fingerprint density at radius 1 is 1.06 bits per heavy atom. The van der Waals surface area contributed by atoms with Crippen molar-refractivity contribution in [2.45, 2.75) is 6.54 Å². The number of hydrogen-bond acceptors (Lipinski definition) is 3. The Hall–Kier alpha value is -2.29. The molecule has 17 heavy (non-hydrogen) atoms. The van der Waals surface area contributed by atoms with Crippen LogP contribution in [0.4, 0.5) is 5.69 Å². The standard InChI is InChI=1S/C14H12N2O/c1-2-6-13-11(4-1)5-3-7-14(13)16-9-12-8-15-10-17-12/h1-8,10,16H,9H2. The number of nitrogens with one attached hydrogen (secondary N) is 1. The van der Waals surface area contributed by atoms with Crippen LogP contribution in [-0.4, -0.2) is 4.98 Å². The Kier molecular flexibility index (Phi) is 2.50.